The third-order valence-corrected chi connectivity index (χ3v) is 5.35. The fourth-order valence-corrected chi connectivity index (χ4v) is 3.81. The second-order valence-electron chi connectivity index (χ2n) is 5.16. The zero-order valence-corrected chi connectivity index (χ0v) is 16.3. The van der Waals surface area contributed by atoms with Crippen molar-refractivity contribution < 1.29 is 22.4 Å². The van der Waals surface area contributed by atoms with E-state index in [4.69, 9.17) is 9.05 Å². The van der Waals surface area contributed by atoms with Crippen LogP contribution < -0.4 is 14.1 Å². The predicted molar refractivity (Wildman–Crippen MR) is 104 cm³/mol. The normalized spacial score (nSPS) is 11.0. The molecule has 0 radical (unpaired) electrons. The van der Waals surface area contributed by atoms with Gasteiger partial charge in [0.25, 0.3) is 0 Å². The molecule has 3 aromatic carbocycles. The Kier molecular flexibility index (Phi) is 5.78. The van der Waals surface area contributed by atoms with E-state index in [1.165, 1.54) is 36.4 Å². The number of rotatable bonds is 6. The van der Waals surface area contributed by atoms with Crippen molar-refractivity contribution in [2.75, 3.05) is 5.09 Å². The minimum atomic E-state index is -4.19. The molecule has 26 heavy (non-hydrogen) atoms. The molecule has 0 aliphatic heterocycles. The summed E-state index contributed by atoms with van der Waals surface area (Å²) < 4.78 is 52.6. The maximum Gasteiger partial charge on any atom is 0.541 e. The second-order valence-corrected chi connectivity index (χ2v) is 7.99. The Bertz CT molecular complexity index is 902. The molecule has 0 atom stereocenters. The summed E-state index contributed by atoms with van der Waals surface area (Å²) in [4.78, 5) is 0. The highest BCUT2D eigenvalue weighted by atomic mass is 127. The summed E-state index contributed by atoms with van der Waals surface area (Å²) >= 11 is 2.12. The Morgan fingerprint density at radius 1 is 0.769 bits per heavy atom. The number of hydrogen-bond donors (Lipinski definition) is 1. The fourth-order valence-electron chi connectivity index (χ4n) is 2.04. The van der Waals surface area contributed by atoms with E-state index in [-0.39, 0.29) is 11.5 Å². The number of anilines is 1. The summed E-state index contributed by atoms with van der Waals surface area (Å²) in [6.45, 7) is 0. The molecule has 0 amide bonds. The van der Waals surface area contributed by atoms with Crippen LogP contribution in [-0.2, 0) is 4.57 Å². The van der Waals surface area contributed by atoms with Gasteiger partial charge in [-0.15, -0.1) is 0 Å². The zero-order chi connectivity index (χ0) is 18.6. The van der Waals surface area contributed by atoms with Gasteiger partial charge >= 0.3 is 7.75 Å². The van der Waals surface area contributed by atoms with Crippen LogP contribution in [-0.4, -0.2) is 0 Å². The lowest BCUT2D eigenvalue weighted by molar-refractivity contribution is 0.373. The summed E-state index contributed by atoms with van der Waals surface area (Å²) in [7, 11) is -4.19. The van der Waals surface area contributed by atoms with Gasteiger partial charge in [-0.05, 0) is 71.1 Å². The van der Waals surface area contributed by atoms with E-state index >= 15 is 0 Å². The van der Waals surface area contributed by atoms with Crippen molar-refractivity contribution in [2.45, 2.75) is 0 Å². The summed E-state index contributed by atoms with van der Waals surface area (Å²) in [6.07, 6.45) is 0. The minimum Gasteiger partial charge on any atom is -0.397 e. The molecule has 0 saturated heterocycles. The first-order chi connectivity index (χ1) is 12.5. The topological polar surface area (TPSA) is 47.6 Å². The Hall–Kier alpha value is -2.12. The molecule has 0 aliphatic rings. The quantitative estimate of drug-likeness (QED) is 0.330. The van der Waals surface area contributed by atoms with E-state index < -0.39 is 19.4 Å². The molecule has 8 heteroatoms. The number of benzene rings is 3. The third-order valence-electron chi connectivity index (χ3n) is 3.22. The van der Waals surface area contributed by atoms with Gasteiger partial charge in [-0.2, -0.15) is 0 Å². The number of para-hydroxylation sites is 2. The van der Waals surface area contributed by atoms with E-state index in [0.29, 0.717) is 5.69 Å². The van der Waals surface area contributed by atoms with E-state index in [0.717, 1.165) is 15.7 Å². The van der Waals surface area contributed by atoms with E-state index in [1.54, 1.807) is 24.3 Å². The molecule has 0 aliphatic carbocycles. The van der Waals surface area contributed by atoms with Crippen molar-refractivity contribution in [2.24, 2.45) is 0 Å². The fraction of sp³-hybridized carbons (Fsp3) is 0. The van der Waals surface area contributed by atoms with Gasteiger partial charge in [-0.3, -0.25) is 5.09 Å². The van der Waals surface area contributed by atoms with Crippen LogP contribution in [0.3, 0.4) is 0 Å². The summed E-state index contributed by atoms with van der Waals surface area (Å²) in [5.41, 5.74) is 0.418. The first-order valence-corrected chi connectivity index (χ1v) is 10.1. The monoisotopic (exact) mass is 487 g/mol. The molecule has 0 fully saturated rings. The summed E-state index contributed by atoms with van der Waals surface area (Å²) in [5.74, 6) is -1.97. The van der Waals surface area contributed by atoms with Crippen molar-refractivity contribution >= 4 is 36.0 Å². The van der Waals surface area contributed by atoms with Crippen molar-refractivity contribution in [3.8, 4) is 11.5 Å². The smallest absolute Gasteiger partial charge is 0.397 e. The first kappa shape index (κ1) is 18.7. The highest BCUT2D eigenvalue weighted by molar-refractivity contribution is 14.1. The molecular weight excluding hydrogens is 474 g/mol. The SMILES string of the molecule is O=P(Nc1ccc(I)cc1)(Oc1ccccc1F)Oc1ccccc1F. The van der Waals surface area contributed by atoms with Crippen LogP contribution in [0.15, 0.2) is 72.8 Å². The Morgan fingerprint density at radius 2 is 1.23 bits per heavy atom. The molecule has 4 nitrogen and oxygen atoms in total. The van der Waals surface area contributed by atoms with Crippen LogP contribution in [0, 0.1) is 15.2 Å². The summed E-state index contributed by atoms with van der Waals surface area (Å²) in [6, 6.07) is 17.8. The maximum absolute atomic E-state index is 13.9. The molecule has 3 aromatic rings. The summed E-state index contributed by atoms with van der Waals surface area (Å²) in [5, 5.41) is 2.61. The zero-order valence-electron chi connectivity index (χ0n) is 13.2. The van der Waals surface area contributed by atoms with Crippen molar-refractivity contribution in [1.29, 1.82) is 0 Å². The first-order valence-electron chi connectivity index (χ1n) is 7.47. The van der Waals surface area contributed by atoms with Gasteiger partial charge in [0, 0.05) is 9.26 Å². The predicted octanol–water partition coefficient (Wildman–Crippen LogP) is 6.25. The lowest BCUT2D eigenvalue weighted by Gasteiger charge is -2.21. The Labute approximate surface area is 162 Å². The van der Waals surface area contributed by atoms with Crippen LogP contribution in [0.5, 0.6) is 11.5 Å². The molecule has 0 unspecified atom stereocenters. The molecule has 134 valence electrons. The molecular formula is C18H13F2INO3P. The number of nitrogens with one attached hydrogen (secondary N) is 1. The van der Waals surface area contributed by atoms with Crippen LogP contribution in [0.4, 0.5) is 14.5 Å². The number of halogens is 3. The Balaban J connectivity index is 1.94. The average molecular weight is 487 g/mol. The lowest BCUT2D eigenvalue weighted by Crippen LogP contribution is -2.11. The van der Waals surface area contributed by atoms with Gasteiger partial charge in [-0.1, -0.05) is 24.3 Å². The van der Waals surface area contributed by atoms with Gasteiger partial charge in [0.2, 0.25) is 0 Å². The number of hydrogen-bond acceptors (Lipinski definition) is 3. The molecule has 0 heterocycles. The van der Waals surface area contributed by atoms with Crippen molar-refractivity contribution in [3.05, 3.63) is 88.0 Å². The minimum absolute atomic E-state index is 0.273. The molecule has 0 spiro atoms. The van der Waals surface area contributed by atoms with Gasteiger partial charge in [-0.25, -0.2) is 13.3 Å². The molecule has 0 aromatic heterocycles. The van der Waals surface area contributed by atoms with E-state index in [1.807, 2.05) is 0 Å². The van der Waals surface area contributed by atoms with Crippen molar-refractivity contribution in [3.63, 3.8) is 0 Å². The van der Waals surface area contributed by atoms with Crippen molar-refractivity contribution in [1.82, 2.24) is 0 Å². The highest BCUT2D eigenvalue weighted by Gasteiger charge is 2.31. The van der Waals surface area contributed by atoms with E-state index in [2.05, 4.69) is 27.7 Å². The average Bonchev–Trinajstić information content (AvgIpc) is 2.61. The van der Waals surface area contributed by atoms with Crippen LogP contribution >= 0.6 is 30.3 Å². The maximum atomic E-state index is 13.9. The van der Waals surface area contributed by atoms with Gasteiger partial charge < -0.3 is 9.05 Å². The van der Waals surface area contributed by atoms with Crippen LogP contribution in [0.2, 0.25) is 0 Å². The third kappa shape index (κ3) is 4.74. The van der Waals surface area contributed by atoms with Crippen LogP contribution in [0.1, 0.15) is 0 Å². The van der Waals surface area contributed by atoms with Crippen LogP contribution in [0.25, 0.3) is 0 Å². The standard InChI is InChI=1S/C18H13F2INO3P/c19-15-5-1-3-7-17(15)24-26(23,22-14-11-9-13(21)10-12-14)25-18-8-4-2-6-16(18)20/h1-12H,(H,22,23). The second kappa shape index (κ2) is 8.05. The largest absolute Gasteiger partial charge is 0.541 e. The molecule has 0 saturated carbocycles. The van der Waals surface area contributed by atoms with Gasteiger partial charge in [0.05, 0.1) is 0 Å². The van der Waals surface area contributed by atoms with E-state index in [9.17, 15) is 13.3 Å². The van der Waals surface area contributed by atoms with Gasteiger partial charge in [0.1, 0.15) is 0 Å². The van der Waals surface area contributed by atoms with Gasteiger partial charge in [0.15, 0.2) is 23.1 Å². The molecule has 0 bridgehead atoms. The molecule has 3 rings (SSSR count). The molecule has 1 N–H and O–H groups in total. The Morgan fingerprint density at radius 3 is 1.69 bits per heavy atom. The highest BCUT2D eigenvalue weighted by Crippen LogP contribution is 2.49. The lowest BCUT2D eigenvalue weighted by atomic mass is 10.3.